The van der Waals surface area contributed by atoms with Gasteiger partial charge in [-0.15, -0.1) is 0 Å². The molecule has 0 spiro atoms. The third-order valence-electron chi connectivity index (χ3n) is 2.52. The van der Waals surface area contributed by atoms with E-state index in [1.165, 1.54) is 18.3 Å². The Morgan fingerprint density at radius 3 is 2.84 bits per heavy atom. The predicted molar refractivity (Wildman–Crippen MR) is 67.2 cm³/mol. The molecule has 0 bridgehead atoms. The first-order valence-corrected chi connectivity index (χ1v) is 5.48. The van der Waals surface area contributed by atoms with E-state index >= 15 is 0 Å². The Balaban J connectivity index is 2.34. The fraction of sp³-hybridized carbons (Fsp3) is 0.0714. The number of aromatic nitrogens is 1. The van der Waals surface area contributed by atoms with Crippen molar-refractivity contribution in [2.45, 2.75) is 6.92 Å². The molecule has 19 heavy (non-hydrogen) atoms. The molecular weight excluding hydrogens is 244 g/mol. The van der Waals surface area contributed by atoms with Crippen LogP contribution < -0.4 is 4.74 Å². The normalized spacial score (nSPS) is 9.68. The first-order chi connectivity index (χ1) is 9.11. The number of ether oxygens (including phenoxy) is 1. The largest absolute Gasteiger partial charge is 0.478 e. The van der Waals surface area contributed by atoms with Crippen LogP contribution in [0.5, 0.6) is 11.6 Å². The summed E-state index contributed by atoms with van der Waals surface area (Å²) >= 11 is 0. The van der Waals surface area contributed by atoms with E-state index in [0.717, 1.165) is 0 Å². The highest BCUT2D eigenvalue weighted by atomic mass is 16.5. The lowest BCUT2D eigenvalue weighted by Gasteiger charge is -2.09. The van der Waals surface area contributed by atoms with E-state index in [1.54, 1.807) is 25.1 Å². The third kappa shape index (κ3) is 2.69. The number of pyridine rings is 1. The Hall–Kier alpha value is -2.87. The standard InChI is InChI=1S/C14H10N2O3/c1-9-7-10(14(17)18)4-5-12(9)19-13-11(8-15)3-2-6-16-13/h2-7H,1H3,(H,17,18). The first kappa shape index (κ1) is 12.6. The van der Waals surface area contributed by atoms with Gasteiger partial charge in [0.1, 0.15) is 17.4 Å². The van der Waals surface area contributed by atoms with Crippen molar-refractivity contribution in [1.82, 2.24) is 4.98 Å². The molecule has 5 nitrogen and oxygen atoms in total. The summed E-state index contributed by atoms with van der Waals surface area (Å²) in [6.07, 6.45) is 1.52. The zero-order chi connectivity index (χ0) is 13.8. The molecule has 1 N–H and O–H groups in total. The zero-order valence-corrected chi connectivity index (χ0v) is 10.1. The molecule has 0 unspecified atom stereocenters. The van der Waals surface area contributed by atoms with Crippen LogP contribution in [0.1, 0.15) is 21.5 Å². The van der Waals surface area contributed by atoms with Gasteiger partial charge in [0.2, 0.25) is 5.88 Å². The van der Waals surface area contributed by atoms with Gasteiger partial charge in [0.05, 0.1) is 5.56 Å². The van der Waals surface area contributed by atoms with Crippen LogP contribution in [-0.4, -0.2) is 16.1 Å². The maximum Gasteiger partial charge on any atom is 0.335 e. The van der Waals surface area contributed by atoms with Crippen molar-refractivity contribution in [2.75, 3.05) is 0 Å². The van der Waals surface area contributed by atoms with Crippen LogP contribution in [0.25, 0.3) is 0 Å². The van der Waals surface area contributed by atoms with Crippen LogP contribution in [-0.2, 0) is 0 Å². The fourth-order valence-corrected chi connectivity index (χ4v) is 1.56. The fourth-order valence-electron chi connectivity index (χ4n) is 1.56. The summed E-state index contributed by atoms with van der Waals surface area (Å²) in [5.41, 5.74) is 1.17. The van der Waals surface area contributed by atoms with Gasteiger partial charge in [-0.3, -0.25) is 0 Å². The van der Waals surface area contributed by atoms with Gasteiger partial charge in [0, 0.05) is 6.20 Å². The Labute approximate surface area is 109 Å². The van der Waals surface area contributed by atoms with Crippen LogP contribution in [0.4, 0.5) is 0 Å². The summed E-state index contributed by atoms with van der Waals surface area (Å²) in [5.74, 6) is -0.318. The highest BCUT2D eigenvalue weighted by Crippen LogP contribution is 2.26. The van der Waals surface area contributed by atoms with Gasteiger partial charge in [0.25, 0.3) is 0 Å². The second-order valence-corrected chi connectivity index (χ2v) is 3.86. The van der Waals surface area contributed by atoms with Crippen LogP contribution in [0.3, 0.4) is 0 Å². The first-order valence-electron chi connectivity index (χ1n) is 5.48. The molecule has 1 aromatic carbocycles. The minimum Gasteiger partial charge on any atom is -0.478 e. The number of carboxylic acids is 1. The van der Waals surface area contributed by atoms with Gasteiger partial charge >= 0.3 is 5.97 Å². The maximum atomic E-state index is 10.8. The molecule has 0 atom stereocenters. The minimum atomic E-state index is -0.995. The molecule has 0 saturated heterocycles. The number of hydrogen-bond donors (Lipinski definition) is 1. The number of benzene rings is 1. The van der Waals surface area contributed by atoms with Crippen molar-refractivity contribution in [1.29, 1.82) is 5.26 Å². The van der Waals surface area contributed by atoms with Crippen LogP contribution in [0.15, 0.2) is 36.5 Å². The summed E-state index contributed by atoms with van der Waals surface area (Å²) in [4.78, 5) is 14.8. The van der Waals surface area contributed by atoms with Crippen molar-refractivity contribution in [3.8, 4) is 17.7 Å². The molecule has 2 rings (SSSR count). The summed E-state index contributed by atoms with van der Waals surface area (Å²) in [6.45, 7) is 1.73. The van der Waals surface area contributed by atoms with E-state index in [4.69, 9.17) is 15.1 Å². The van der Waals surface area contributed by atoms with E-state index < -0.39 is 5.97 Å². The van der Waals surface area contributed by atoms with Gasteiger partial charge < -0.3 is 9.84 Å². The van der Waals surface area contributed by atoms with E-state index in [2.05, 4.69) is 4.98 Å². The summed E-state index contributed by atoms with van der Waals surface area (Å²) in [7, 11) is 0. The number of aromatic carboxylic acids is 1. The Morgan fingerprint density at radius 1 is 1.42 bits per heavy atom. The molecule has 0 aliphatic heterocycles. The second kappa shape index (κ2) is 5.19. The number of carbonyl (C=O) groups is 1. The van der Waals surface area contributed by atoms with Gasteiger partial charge in [-0.05, 0) is 42.8 Å². The van der Waals surface area contributed by atoms with Crippen molar-refractivity contribution in [3.63, 3.8) is 0 Å². The van der Waals surface area contributed by atoms with Crippen molar-refractivity contribution in [2.24, 2.45) is 0 Å². The topological polar surface area (TPSA) is 83.2 Å². The molecule has 1 aromatic heterocycles. The second-order valence-electron chi connectivity index (χ2n) is 3.86. The summed E-state index contributed by atoms with van der Waals surface area (Å²) in [5, 5.41) is 17.8. The van der Waals surface area contributed by atoms with E-state index in [0.29, 0.717) is 16.9 Å². The highest BCUT2D eigenvalue weighted by Gasteiger charge is 2.10. The van der Waals surface area contributed by atoms with E-state index in [-0.39, 0.29) is 11.4 Å². The highest BCUT2D eigenvalue weighted by molar-refractivity contribution is 5.88. The molecule has 0 radical (unpaired) electrons. The van der Waals surface area contributed by atoms with Crippen molar-refractivity contribution < 1.29 is 14.6 Å². The lowest BCUT2D eigenvalue weighted by atomic mass is 10.1. The Kier molecular flexibility index (Phi) is 3.44. The molecular formula is C14H10N2O3. The number of nitrogens with zero attached hydrogens (tertiary/aromatic N) is 2. The smallest absolute Gasteiger partial charge is 0.335 e. The van der Waals surface area contributed by atoms with E-state index in [9.17, 15) is 4.79 Å². The van der Waals surface area contributed by atoms with Gasteiger partial charge in [-0.2, -0.15) is 5.26 Å². The molecule has 0 aliphatic rings. The Morgan fingerprint density at radius 2 is 2.21 bits per heavy atom. The van der Waals surface area contributed by atoms with Gasteiger partial charge in [0.15, 0.2) is 0 Å². The maximum absolute atomic E-state index is 10.8. The van der Waals surface area contributed by atoms with Gasteiger partial charge in [-0.1, -0.05) is 0 Å². The minimum absolute atomic E-state index is 0.186. The van der Waals surface area contributed by atoms with Crippen molar-refractivity contribution in [3.05, 3.63) is 53.2 Å². The number of rotatable bonds is 3. The molecule has 5 heteroatoms. The molecule has 2 aromatic rings. The SMILES string of the molecule is Cc1cc(C(=O)O)ccc1Oc1ncccc1C#N. The average molecular weight is 254 g/mol. The predicted octanol–water partition coefficient (Wildman–Crippen LogP) is 2.75. The Bertz CT molecular complexity index is 675. The summed E-state index contributed by atoms with van der Waals surface area (Å²) < 4.78 is 5.54. The zero-order valence-electron chi connectivity index (χ0n) is 10.1. The lowest BCUT2D eigenvalue weighted by molar-refractivity contribution is 0.0697. The molecule has 0 saturated carbocycles. The molecule has 0 amide bonds. The third-order valence-corrected chi connectivity index (χ3v) is 2.52. The van der Waals surface area contributed by atoms with E-state index in [1.807, 2.05) is 6.07 Å². The van der Waals surface area contributed by atoms with Crippen molar-refractivity contribution >= 4 is 5.97 Å². The number of hydrogen-bond acceptors (Lipinski definition) is 4. The van der Waals surface area contributed by atoms with Crippen LogP contribution >= 0.6 is 0 Å². The summed E-state index contributed by atoms with van der Waals surface area (Å²) in [6, 6.07) is 9.73. The van der Waals surface area contributed by atoms with Gasteiger partial charge in [-0.25, -0.2) is 9.78 Å². The number of nitriles is 1. The molecule has 0 aliphatic carbocycles. The number of carboxylic acid groups (broad SMARTS) is 1. The lowest BCUT2D eigenvalue weighted by Crippen LogP contribution is -1.98. The molecule has 0 fully saturated rings. The monoisotopic (exact) mass is 254 g/mol. The molecule has 1 heterocycles. The average Bonchev–Trinajstić information content (AvgIpc) is 2.41. The van der Waals surface area contributed by atoms with Crippen LogP contribution in [0.2, 0.25) is 0 Å². The van der Waals surface area contributed by atoms with Crippen LogP contribution in [0, 0.1) is 18.3 Å². The molecule has 94 valence electrons. The number of aryl methyl sites for hydroxylation is 1. The quantitative estimate of drug-likeness (QED) is 0.910.